The number of hydrogen-bond donors (Lipinski definition) is 1. The fourth-order valence-corrected chi connectivity index (χ4v) is 3.46. The number of carbonyl (C=O) groups excluding carboxylic acids is 1. The Morgan fingerprint density at radius 3 is 2.90 bits per heavy atom. The van der Waals surface area contributed by atoms with Crippen molar-refractivity contribution in [2.75, 3.05) is 18.4 Å². The summed E-state index contributed by atoms with van der Waals surface area (Å²) in [6.07, 6.45) is 0. The van der Waals surface area contributed by atoms with Gasteiger partial charge >= 0.3 is 0 Å². The SMILES string of the molecule is CC1=C(C(=O)Nc2ccc(Cl)c(Cl)c2)SC2=NCCN21. The van der Waals surface area contributed by atoms with Gasteiger partial charge in [-0.05, 0) is 36.9 Å². The first-order valence-corrected chi connectivity index (χ1v) is 7.60. The number of nitrogens with zero attached hydrogens (tertiary/aromatic N) is 2. The molecule has 2 aliphatic rings. The van der Waals surface area contributed by atoms with Crippen molar-refractivity contribution in [3.63, 3.8) is 0 Å². The molecule has 1 aromatic carbocycles. The van der Waals surface area contributed by atoms with Gasteiger partial charge in [0.1, 0.15) is 0 Å². The molecule has 0 fully saturated rings. The fourth-order valence-electron chi connectivity index (χ4n) is 2.09. The first kappa shape index (κ1) is 13.8. The quantitative estimate of drug-likeness (QED) is 0.902. The lowest BCUT2D eigenvalue weighted by molar-refractivity contribution is -0.112. The average molecular weight is 328 g/mol. The molecule has 0 aliphatic carbocycles. The largest absolute Gasteiger partial charge is 0.322 e. The number of rotatable bonds is 2. The van der Waals surface area contributed by atoms with Gasteiger partial charge in [0.2, 0.25) is 0 Å². The third kappa shape index (κ3) is 2.41. The van der Waals surface area contributed by atoms with Crippen molar-refractivity contribution in [2.24, 2.45) is 4.99 Å². The van der Waals surface area contributed by atoms with Crippen LogP contribution in [0.4, 0.5) is 5.69 Å². The van der Waals surface area contributed by atoms with Crippen molar-refractivity contribution >= 4 is 51.7 Å². The van der Waals surface area contributed by atoms with Crippen molar-refractivity contribution in [1.29, 1.82) is 0 Å². The monoisotopic (exact) mass is 327 g/mol. The molecule has 2 aliphatic heterocycles. The number of amidine groups is 1. The van der Waals surface area contributed by atoms with Gasteiger partial charge in [-0.3, -0.25) is 9.79 Å². The summed E-state index contributed by atoms with van der Waals surface area (Å²) < 4.78 is 0. The van der Waals surface area contributed by atoms with Gasteiger partial charge in [-0.2, -0.15) is 0 Å². The number of halogens is 2. The second-order valence-electron chi connectivity index (χ2n) is 4.42. The van der Waals surface area contributed by atoms with Crippen molar-refractivity contribution in [3.05, 3.63) is 38.8 Å². The molecule has 1 amide bonds. The Bertz CT molecular complexity index is 657. The minimum absolute atomic E-state index is 0.150. The maximum atomic E-state index is 12.3. The molecule has 0 saturated carbocycles. The Morgan fingerprint density at radius 1 is 1.40 bits per heavy atom. The molecule has 1 N–H and O–H groups in total. The average Bonchev–Trinajstić information content (AvgIpc) is 2.97. The van der Waals surface area contributed by atoms with Crippen LogP contribution in [-0.2, 0) is 4.79 Å². The van der Waals surface area contributed by atoms with Crippen LogP contribution in [0.25, 0.3) is 0 Å². The zero-order valence-electron chi connectivity index (χ0n) is 10.6. The van der Waals surface area contributed by atoms with E-state index < -0.39 is 0 Å². The van der Waals surface area contributed by atoms with Gasteiger partial charge < -0.3 is 10.2 Å². The van der Waals surface area contributed by atoms with Crippen molar-refractivity contribution in [3.8, 4) is 0 Å². The first-order valence-electron chi connectivity index (χ1n) is 6.03. The Labute approximate surface area is 130 Å². The molecule has 0 unspecified atom stereocenters. The topological polar surface area (TPSA) is 44.7 Å². The summed E-state index contributed by atoms with van der Waals surface area (Å²) in [4.78, 5) is 19.4. The summed E-state index contributed by atoms with van der Waals surface area (Å²) in [6.45, 7) is 3.57. The van der Waals surface area contributed by atoms with Crippen LogP contribution in [0.1, 0.15) is 6.92 Å². The molecule has 0 bridgehead atoms. The molecule has 4 nitrogen and oxygen atoms in total. The summed E-state index contributed by atoms with van der Waals surface area (Å²) in [5, 5.41) is 4.61. The number of nitrogens with one attached hydrogen (secondary N) is 1. The zero-order chi connectivity index (χ0) is 14.3. The minimum Gasteiger partial charge on any atom is -0.322 e. The van der Waals surface area contributed by atoms with E-state index >= 15 is 0 Å². The van der Waals surface area contributed by atoms with Crippen molar-refractivity contribution < 1.29 is 4.79 Å². The molecule has 7 heteroatoms. The van der Waals surface area contributed by atoms with E-state index in [1.165, 1.54) is 11.8 Å². The second-order valence-corrected chi connectivity index (χ2v) is 6.21. The number of anilines is 1. The third-order valence-corrected chi connectivity index (χ3v) is 5.07. The lowest BCUT2D eigenvalue weighted by Crippen LogP contribution is -2.20. The van der Waals surface area contributed by atoms with E-state index in [0.29, 0.717) is 20.6 Å². The van der Waals surface area contributed by atoms with E-state index in [0.717, 1.165) is 24.0 Å². The van der Waals surface area contributed by atoms with Crippen molar-refractivity contribution in [1.82, 2.24) is 4.90 Å². The summed E-state index contributed by atoms with van der Waals surface area (Å²) in [6, 6.07) is 5.01. The van der Waals surface area contributed by atoms with Crippen LogP contribution in [0, 0.1) is 0 Å². The highest BCUT2D eigenvalue weighted by atomic mass is 35.5. The summed E-state index contributed by atoms with van der Waals surface area (Å²) in [7, 11) is 0. The third-order valence-electron chi connectivity index (χ3n) is 3.11. The summed E-state index contributed by atoms with van der Waals surface area (Å²) in [5.74, 6) is -0.150. The molecular weight excluding hydrogens is 317 g/mol. The molecule has 20 heavy (non-hydrogen) atoms. The highest BCUT2D eigenvalue weighted by molar-refractivity contribution is 8.18. The molecule has 1 aromatic rings. The Hall–Kier alpha value is -1.17. The predicted octanol–water partition coefficient (Wildman–Crippen LogP) is 3.58. The van der Waals surface area contributed by atoms with Crippen LogP contribution in [0.15, 0.2) is 33.8 Å². The van der Waals surface area contributed by atoms with Crippen LogP contribution in [0.3, 0.4) is 0 Å². The van der Waals surface area contributed by atoms with Gasteiger partial charge in [-0.15, -0.1) is 0 Å². The van der Waals surface area contributed by atoms with Gasteiger partial charge in [0.05, 0.1) is 21.5 Å². The maximum Gasteiger partial charge on any atom is 0.264 e. The van der Waals surface area contributed by atoms with E-state index in [1.807, 2.05) is 6.92 Å². The van der Waals surface area contributed by atoms with Crippen LogP contribution >= 0.6 is 35.0 Å². The standard InChI is InChI=1S/C13H11Cl2N3OS/c1-7-11(20-13-16-4-5-18(7)13)12(19)17-8-2-3-9(14)10(15)6-8/h2-3,6H,4-5H2,1H3,(H,17,19). The lowest BCUT2D eigenvalue weighted by Gasteiger charge is -2.12. The number of carbonyl (C=O) groups is 1. The summed E-state index contributed by atoms with van der Waals surface area (Å²) >= 11 is 13.2. The molecule has 0 radical (unpaired) electrons. The highest BCUT2D eigenvalue weighted by Crippen LogP contribution is 2.37. The van der Waals surface area contributed by atoms with Gasteiger partial charge in [0.25, 0.3) is 5.91 Å². The van der Waals surface area contributed by atoms with Crippen LogP contribution in [0.5, 0.6) is 0 Å². The Morgan fingerprint density at radius 2 is 2.20 bits per heavy atom. The Balaban J connectivity index is 1.78. The highest BCUT2D eigenvalue weighted by Gasteiger charge is 2.32. The van der Waals surface area contributed by atoms with Crippen LogP contribution in [0.2, 0.25) is 10.0 Å². The second kappa shape index (κ2) is 5.31. The molecule has 0 atom stereocenters. The van der Waals surface area contributed by atoms with E-state index in [-0.39, 0.29) is 5.91 Å². The number of hydrogen-bond acceptors (Lipinski definition) is 4. The van der Waals surface area contributed by atoms with Gasteiger partial charge in [-0.1, -0.05) is 23.2 Å². The van der Waals surface area contributed by atoms with Gasteiger partial charge in [0.15, 0.2) is 5.17 Å². The van der Waals surface area contributed by atoms with E-state index in [2.05, 4.69) is 15.2 Å². The predicted molar refractivity (Wildman–Crippen MR) is 84.4 cm³/mol. The van der Waals surface area contributed by atoms with Gasteiger partial charge in [0, 0.05) is 17.9 Å². The number of benzene rings is 1. The first-order chi connectivity index (χ1) is 9.56. The molecule has 0 saturated heterocycles. The van der Waals surface area contributed by atoms with Crippen molar-refractivity contribution in [2.45, 2.75) is 6.92 Å². The number of aliphatic imine (C=N–C) groups is 1. The van der Waals surface area contributed by atoms with E-state index in [4.69, 9.17) is 23.2 Å². The number of thioether (sulfide) groups is 1. The molecule has 0 aromatic heterocycles. The minimum atomic E-state index is -0.150. The number of amides is 1. The number of fused-ring (bicyclic) bond motifs is 1. The maximum absolute atomic E-state index is 12.3. The van der Waals surface area contributed by atoms with Gasteiger partial charge in [-0.25, -0.2) is 0 Å². The lowest BCUT2D eigenvalue weighted by atomic mass is 10.3. The zero-order valence-corrected chi connectivity index (χ0v) is 12.9. The van der Waals surface area contributed by atoms with Crippen LogP contribution in [-0.4, -0.2) is 29.1 Å². The smallest absolute Gasteiger partial charge is 0.264 e. The molecule has 104 valence electrons. The number of allylic oxidation sites excluding steroid dienone is 1. The molecule has 3 rings (SSSR count). The summed E-state index contributed by atoms with van der Waals surface area (Å²) in [5.41, 5.74) is 1.57. The molecule has 0 spiro atoms. The fraction of sp³-hybridized carbons (Fsp3) is 0.231. The molecule has 2 heterocycles. The normalized spacial score (nSPS) is 17.4. The van der Waals surface area contributed by atoms with E-state index in [1.54, 1.807) is 18.2 Å². The Kier molecular flexibility index (Phi) is 3.67. The molecular formula is C13H11Cl2N3OS. The van der Waals surface area contributed by atoms with Crippen LogP contribution < -0.4 is 5.32 Å². The van der Waals surface area contributed by atoms with E-state index in [9.17, 15) is 4.79 Å².